The van der Waals surface area contributed by atoms with Crippen LogP contribution in [0.5, 0.6) is 0 Å². The van der Waals surface area contributed by atoms with Gasteiger partial charge >= 0.3 is 0 Å². The van der Waals surface area contributed by atoms with Crippen LogP contribution in [0.15, 0.2) is 0 Å². The third kappa shape index (κ3) is 3.40. The first kappa shape index (κ1) is 14.2. The number of amides is 1. The Morgan fingerprint density at radius 2 is 2.17 bits per heavy atom. The smallest absolute Gasteiger partial charge is 0.223 e. The summed E-state index contributed by atoms with van der Waals surface area (Å²) in [6, 6.07) is 0. The van der Waals surface area contributed by atoms with Crippen molar-refractivity contribution in [3.8, 4) is 0 Å². The summed E-state index contributed by atoms with van der Waals surface area (Å²) < 4.78 is 0. The summed E-state index contributed by atoms with van der Waals surface area (Å²) in [6.45, 7) is 3.02. The summed E-state index contributed by atoms with van der Waals surface area (Å²) in [5.74, 6) is 3.44. The molecule has 104 valence electrons. The monoisotopic (exact) mass is 271 g/mol. The lowest BCUT2D eigenvalue weighted by molar-refractivity contribution is -0.126. The van der Waals surface area contributed by atoms with Crippen LogP contribution in [0.3, 0.4) is 0 Å². The van der Waals surface area contributed by atoms with Gasteiger partial charge in [0.1, 0.15) is 0 Å². The number of halogens is 1. The molecular formula is C15H26ClNO. The van der Waals surface area contributed by atoms with Gasteiger partial charge in [-0.3, -0.25) is 4.79 Å². The second kappa shape index (κ2) is 6.79. The highest BCUT2D eigenvalue weighted by Gasteiger charge is 2.42. The van der Waals surface area contributed by atoms with Crippen molar-refractivity contribution in [2.24, 2.45) is 23.7 Å². The number of alkyl halides is 1. The van der Waals surface area contributed by atoms with E-state index in [0.29, 0.717) is 29.5 Å². The van der Waals surface area contributed by atoms with Gasteiger partial charge in [0.05, 0.1) is 0 Å². The highest BCUT2D eigenvalue weighted by molar-refractivity contribution is 6.17. The van der Waals surface area contributed by atoms with Crippen LogP contribution in [-0.2, 0) is 4.79 Å². The second-order valence-electron chi connectivity index (χ2n) is 6.16. The van der Waals surface area contributed by atoms with Gasteiger partial charge < -0.3 is 5.32 Å². The Balaban J connectivity index is 1.73. The van der Waals surface area contributed by atoms with E-state index in [2.05, 4.69) is 12.2 Å². The number of hydrogen-bond donors (Lipinski definition) is 1. The van der Waals surface area contributed by atoms with E-state index in [-0.39, 0.29) is 0 Å². The molecule has 18 heavy (non-hydrogen) atoms. The minimum atomic E-state index is 0.317. The van der Waals surface area contributed by atoms with Crippen molar-refractivity contribution in [2.75, 3.05) is 12.4 Å². The largest absolute Gasteiger partial charge is 0.356 e. The maximum absolute atomic E-state index is 12.2. The third-order valence-electron chi connectivity index (χ3n) is 4.85. The van der Waals surface area contributed by atoms with E-state index in [4.69, 9.17) is 11.6 Å². The molecule has 0 aliphatic heterocycles. The average Bonchev–Trinajstić information content (AvgIpc) is 2.98. The second-order valence-corrected chi connectivity index (χ2v) is 6.54. The van der Waals surface area contributed by atoms with Crippen LogP contribution in [0.1, 0.15) is 51.9 Å². The molecule has 4 atom stereocenters. The van der Waals surface area contributed by atoms with E-state index in [9.17, 15) is 4.79 Å². The Morgan fingerprint density at radius 1 is 1.33 bits per heavy atom. The third-order valence-corrected chi connectivity index (χ3v) is 5.07. The first-order valence-corrected chi connectivity index (χ1v) is 8.11. The van der Waals surface area contributed by atoms with Crippen LogP contribution >= 0.6 is 11.6 Å². The van der Waals surface area contributed by atoms with Crippen molar-refractivity contribution in [2.45, 2.75) is 51.9 Å². The maximum atomic E-state index is 12.2. The van der Waals surface area contributed by atoms with Gasteiger partial charge in [0.15, 0.2) is 0 Å². The molecule has 2 saturated carbocycles. The molecule has 0 saturated heterocycles. The van der Waals surface area contributed by atoms with Gasteiger partial charge in [-0.25, -0.2) is 0 Å². The fourth-order valence-electron chi connectivity index (χ4n) is 3.85. The summed E-state index contributed by atoms with van der Waals surface area (Å²) in [4.78, 5) is 12.2. The summed E-state index contributed by atoms with van der Waals surface area (Å²) >= 11 is 5.81. The van der Waals surface area contributed by atoms with Gasteiger partial charge in [-0.1, -0.05) is 19.8 Å². The lowest BCUT2D eigenvalue weighted by Crippen LogP contribution is -2.36. The van der Waals surface area contributed by atoms with Crippen molar-refractivity contribution < 1.29 is 4.79 Å². The highest BCUT2D eigenvalue weighted by atomic mass is 35.5. The first-order chi connectivity index (χ1) is 8.74. The zero-order chi connectivity index (χ0) is 13.0. The molecule has 0 aromatic rings. The predicted octanol–water partition coefficient (Wildman–Crippen LogP) is 3.58. The molecule has 0 spiro atoms. The minimum Gasteiger partial charge on any atom is -0.356 e. The summed E-state index contributed by atoms with van der Waals surface area (Å²) in [5, 5.41) is 3.18. The van der Waals surface area contributed by atoms with Crippen molar-refractivity contribution in [3.63, 3.8) is 0 Å². The molecule has 2 aliphatic rings. The average molecular weight is 272 g/mol. The topological polar surface area (TPSA) is 29.1 Å². The van der Waals surface area contributed by atoms with Gasteiger partial charge in [-0.05, 0) is 49.9 Å². The minimum absolute atomic E-state index is 0.317. The summed E-state index contributed by atoms with van der Waals surface area (Å²) in [7, 11) is 0. The Bertz CT molecular complexity index is 276. The molecule has 1 amide bonds. The Labute approximate surface area is 116 Å². The van der Waals surface area contributed by atoms with Crippen LogP contribution in [-0.4, -0.2) is 18.3 Å². The van der Waals surface area contributed by atoms with Crippen molar-refractivity contribution in [1.29, 1.82) is 0 Å². The zero-order valence-corrected chi connectivity index (χ0v) is 12.2. The van der Waals surface area contributed by atoms with Crippen LogP contribution < -0.4 is 5.32 Å². The lowest BCUT2D eigenvalue weighted by Gasteiger charge is -2.22. The molecule has 4 unspecified atom stereocenters. The number of carbonyl (C=O) groups excluding carboxylic acids is 1. The SMILES string of the molecule is CCCC(CCCl)CNC(=O)C1CC2CCC1C2. The van der Waals surface area contributed by atoms with Crippen LogP contribution in [0, 0.1) is 23.7 Å². The highest BCUT2D eigenvalue weighted by Crippen LogP contribution is 2.48. The van der Waals surface area contributed by atoms with Gasteiger partial charge in [0, 0.05) is 18.3 Å². The molecule has 2 fully saturated rings. The van der Waals surface area contributed by atoms with E-state index >= 15 is 0 Å². The Morgan fingerprint density at radius 3 is 2.72 bits per heavy atom. The fourth-order valence-corrected chi connectivity index (χ4v) is 4.16. The lowest BCUT2D eigenvalue weighted by atomic mass is 9.88. The summed E-state index contributed by atoms with van der Waals surface area (Å²) in [6.07, 6.45) is 8.45. The molecule has 2 bridgehead atoms. The van der Waals surface area contributed by atoms with E-state index in [1.165, 1.54) is 32.1 Å². The quantitative estimate of drug-likeness (QED) is 0.705. The van der Waals surface area contributed by atoms with Gasteiger partial charge in [-0.15, -0.1) is 11.6 Å². The Hall–Kier alpha value is -0.240. The number of nitrogens with one attached hydrogen (secondary N) is 1. The molecule has 0 radical (unpaired) electrons. The summed E-state index contributed by atoms with van der Waals surface area (Å²) in [5.41, 5.74) is 0. The first-order valence-electron chi connectivity index (χ1n) is 7.58. The maximum Gasteiger partial charge on any atom is 0.223 e. The van der Waals surface area contributed by atoms with Crippen LogP contribution in [0.25, 0.3) is 0 Å². The predicted molar refractivity (Wildman–Crippen MR) is 75.7 cm³/mol. The molecular weight excluding hydrogens is 246 g/mol. The fraction of sp³-hybridized carbons (Fsp3) is 0.933. The molecule has 2 nitrogen and oxygen atoms in total. The van der Waals surface area contributed by atoms with Crippen molar-refractivity contribution >= 4 is 17.5 Å². The normalized spacial score (nSPS) is 31.6. The number of rotatable bonds is 7. The van der Waals surface area contributed by atoms with Gasteiger partial charge in [-0.2, -0.15) is 0 Å². The Kier molecular flexibility index (Phi) is 5.35. The molecule has 2 rings (SSSR count). The molecule has 1 N–H and O–H groups in total. The van der Waals surface area contributed by atoms with E-state index in [1.807, 2.05) is 0 Å². The van der Waals surface area contributed by atoms with Crippen molar-refractivity contribution in [3.05, 3.63) is 0 Å². The molecule has 2 aliphatic carbocycles. The van der Waals surface area contributed by atoms with E-state index in [1.54, 1.807) is 0 Å². The molecule has 0 heterocycles. The molecule has 3 heteroatoms. The van der Waals surface area contributed by atoms with Gasteiger partial charge in [0.25, 0.3) is 0 Å². The number of fused-ring (bicyclic) bond motifs is 2. The van der Waals surface area contributed by atoms with Crippen LogP contribution in [0.2, 0.25) is 0 Å². The molecule has 0 aromatic carbocycles. The van der Waals surface area contributed by atoms with Crippen LogP contribution in [0.4, 0.5) is 0 Å². The van der Waals surface area contributed by atoms with E-state index in [0.717, 1.165) is 25.3 Å². The standard InChI is InChI=1S/C15H26ClNO/c1-2-3-11(6-7-16)10-17-15(18)14-9-12-4-5-13(14)8-12/h11-14H,2-10H2,1H3,(H,17,18). The van der Waals surface area contributed by atoms with Gasteiger partial charge in [0.2, 0.25) is 5.91 Å². The zero-order valence-electron chi connectivity index (χ0n) is 11.5. The number of carbonyl (C=O) groups is 1. The number of hydrogen-bond acceptors (Lipinski definition) is 1. The molecule has 0 aromatic heterocycles. The van der Waals surface area contributed by atoms with Crippen molar-refractivity contribution in [1.82, 2.24) is 5.32 Å². The van der Waals surface area contributed by atoms with E-state index < -0.39 is 0 Å².